The van der Waals surface area contributed by atoms with Crippen molar-refractivity contribution in [3.63, 3.8) is 0 Å². The standard InChI is InChI=1S/C13H17N3O2.ClH/c1-8(14)12(17)16-11-6-9-4-2-3-5-10(9)7-15-13(11)18;/h2-5,8,11H,6-7,14H2,1H3,(H,15,18)(H,16,17);1H/t8-,11-;/m0./s1. The molecule has 0 bridgehead atoms. The number of rotatable bonds is 2. The third-order valence-corrected chi connectivity index (χ3v) is 3.04. The van der Waals surface area contributed by atoms with E-state index in [2.05, 4.69) is 10.6 Å². The molecule has 104 valence electrons. The molecule has 0 unspecified atom stereocenters. The summed E-state index contributed by atoms with van der Waals surface area (Å²) < 4.78 is 0. The Morgan fingerprint density at radius 1 is 1.42 bits per heavy atom. The van der Waals surface area contributed by atoms with Gasteiger partial charge in [0.15, 0.2) is 0 Å². The minimum atomic E-state index is -0.615. The molecule has 4 N–H and O–H groups in total. The lowest BCUT2D eigenvalue weighted by Gasteiger charge is -2.17. The van der Waals surface area contributed by atoms with Gasteiger partial charge in [-0.2, -0.15) is 0 Å². The first-order valence-electron chi connectivity index (χ1n) is 5.98. The van der Waals surface area contributed by atoms with Gasteiger partial charge in [-0.05, 0) is 18.1 Å². The highest BCUT2D eigenvalue weighted by molar-refractivity contribution is 5.90. The van der Waals surface area contributed by atoms with Crippen LogP contribution in [0.4, 0.5) is 0 Å². The molecule has 0 spiro atoms. The maximum Gasteiger partial charge on any atom is 0.243 e. The second-order valence-corrected chi connectivity index (χ2v) is 4.54. The molecule has 1 aromatic carbocycles. The third kappa shape index (κ3) is 3.68. The minimum Gasteiger partial charge on any atom is -0.350 e. The molecular formula is C13H18ClN3O2. The maximum absolute atomic E-state index is 11.9. The van der Waals surface area contributed by atoms with Gasteiger partial charge in [0.25, 0.3) is 0 Å². The predicted molar refractivity (Wildman–Crippen MR) is 74.8 cm³/mol. The van der Waals surface area contributed by atoms with E-state index in [0.717, 1.165) is 11.1 Å². The van der Waals surface area contributed by atoms with Gasteiger partial charge in [-0.3, -0.25) is 9.59 Å². The van der Waals surface area contributed by atoms with E-state index in [1.54, 1.807) is 6.92 Å². The van der Waals surface area contributed by atoms with Crippen LogP contribution in [0.25, 0.3) is 0 Å². The molecule has 1 aliphatic rings. The molecule has 5 nitrogen and oxygen atoms in total. The molecule has 2 atom stereocenters. The zero-order valence-electron chi connectivity index (χ0n) is 10.7. The Hall–Kier alpha value is -1.59. The van der Waals surface area contributed by atoms with Crippen LogP contribution in [0.2, 0.25) is 0 Å². The molecule has 19 heavy (non-hydrogen) atoms. The molecule has 1 aromatic rings. The van der Waals surface area contributed by atoms with Crippen molar-refractivity contribution in [3.8, 4) is 0 Å². The molecule has 1 aliphatic heterocycles. The monoisotopic (exact) mass is 283 g/mol. The van der Waals surface area contributed by atoms with Crippen molar-refractivity contribution in [2.45, 2.75) is 32.0 Å². The van der Waals surface area contributed by atoms with E-state index in [4.69, 9.17) is 5.73 Å². The fraction of sp³-hybridized carbons (Fsp3) is 0.385. The molecule has 0 fully saturated rings. The Morgan fingerprint density at radius 3 is 2.68 bits per heavy atom. The van der Waals surface area contributed by atoms with Crippen LogP contribution in [-0.4, -0.2) is 23.9 Å². The summed E-state index contributed by atoms with van der Waals surface area (Å²) in [6, 6.07) is 6.65. The van der Waals surface area contributed by atoms with Gasteiger partial charge in [0, 0.05) is 13.0 Å². The number of hydrogen-bond acceptors (Lipinski definition) is 3. The zero-order chi connectivity index (χ0) is 13.1. The summed E-state index contributed by atoms with van der Waals surface area (Å²) in [5, 5.41) is 5.47. The van der Waals surface area contributed by atoms with Crippen molar-refractivity contribution in [2.75, 3.05) is 0 Å². The summed E-state index contributed by atoms with van der Waals surface area (Å²) in [7, 11) is 0. The van der Waals surface area contributed by atoms with Crippen molar-refractivity contribution in [1.82, 2.24) is 10.6 Å². The first kappa shape index (κ1) is 15.5. The van der Waals surface area contributed by atoms with Gasteiger partial charge in [-0.25, -0.2) is 0 Å². The summed E-state index contributed by atoms with van der Waals surface area (Å²) in [4.78, 5) is 23.4. The summed E-state index contributed by atoms with van der Waals surface area (Å²) in [5.41, 5.74) is 7.65. The van der Waals surface area contributed by atoms with Gasteiger partial charge in [-0.1, -0.05) is 24.3 Å². The molecule has 6 heteroatoms. The smallest absolute Gasteiger partial charge is 0.243 e. The topological polar surface area (TPSA) is 84.2 Å². The summed E-state index contributed by atoms with van der Waals surface area (Å²) in [5.74, 6) is -0.477. The van der Waals surface area contributed by atoms with Crippen LogP contribution in [0.15, 0.2) is 24.3 Å². The molecular weight excluding hydrogens is 266 g/mol. The van der Waals surface area contributed by atoms with Crippen LogP contribution in [0, 0.1) is 0 Å². The average molecular weight is 284 g/mol. The highest BCUT2D eigenvalue weighted by atomic mass is 35.5. The zero-order valence-corrected chi connectivity index (χ0v) is 11.5. The SMILES string of the molecule is C[C@H](N)C(=O)N[C@H]1Cc2ccccc2CNC1=O.Cl. The lowest BCUT2D eigenvalue weighted by atomic mass is 10.0. The van der Waals surface area contributed by atoms with Gasteiger partial charge in [0.1, 0.15) is 6.04 Å². The van der Waals surface area contributed by atoms with E-state index in [1.807, 2.05) is 24.3 Å². The van der Waals surface area contributed by atoms with Gasteiger partial charge >= 0.3 is 0 Å². The number of benzene rings is 1. The van der Waals surface area contributed by atoms with Crippen molar-refractivity contribution in [2.24, 2.45) is 5.73 Å². The molecule has 0 aromatic heterocycles. The molecule has 1 heterocycles. The Labute approximate surface area is 118 Å². The van der Waals surface area contributed by atoms with Crippen LogP contribution in [0.5, 0.6) is 0 Å². The largest absolute Gasteiger partial charge is 0.350 e. The van der Waals surface area contributed by atoms with E-state index in [1.165, 1.54) is 0 Å². The molecule has 0 saturated carbocycles. The summed E-state index contributed by atoms with van der Waals surface area (Å²) in [6.45, 7) is 2.09. The number of nitrogens with two attached hydrogens (primary N) is 1. The number of nitrogens with one attached hydrogen (secondary N) is 2. The number of carbonyl (C=O) groups is 2. The number of fused-ring (bicyclic) bond motifs is 1. The maximum atomic E-state index is 11.9. The van der Waals surface area contributed by atoms with E-state index in [-0.39, 0.29) is 24.2 Å². The fourth-order valence-electron chi connectivity index (χ4n) is 1.97. The Bertz CT molecular complexity index is 477. The lowest BCUT2D eigenvalue weighted by molar-refractivity contribution is -0.129. The second-order valence-electron chi connectivity index (χ2n) is 4.54. The van der Waals surface area contributed by atoms with Crippen molar-refractivity contribution >= 4 is 24.2 Å². The van der Waals surface area contributed by atoms with Crippen LogP contribution in [-0.2, 0) is 22.6 Å². The first-order valence-corrected chi connectivity index (χ1v) is 5.98. The Kier molecular flexibility index (Phi) is 5.32. The minimum absolute atomic E-state index is 0. The summed E-state index contributed by atoms with van der Waals surface area (Å²) in [6.07, 6.45) is 0.500. The predicted octanol–water partition coefficient (Wildman–Crippen LogP) is 0.113. The number of amides is 2. The molecule has 0 radical (unpaired) electrons. The van der Waals surface area contributed by atoms with Crippen molar-refractivity contribution < 1.29 is 9.59 Å². The highest BCUT2D eigenvalue weighted by Crippen LogP contribution is 2.14. The first-order chi connectivity index (χ1) is 8.58. The highest BCUT2D eigenvalue weighted by Gasteiger charge is 2.25. The fourth-order valence-corrected chi connectivity index (χ4v) is 1.97. The van der Waals surface area contributed by atoms with E-state index < -0.39 is 12.1 Å². The number of carbonyl (C=O) groups excluding carboxylic acids is 2. The van der Waals surface area contributed by atoms with E-state index >= 15 is 0 Å². The van der Waals surface area contributed by atoms with Crippen LogP contribution >= 0.6 is 12.4 Å². The summed E-state index contributed by atoms with van der Waals surface area (Å²) >= 11 is 0. The van der Waals surface area contributed by atoms with Crippen LogP contribution in [0.3, 0.4) is 0 Å². The normalized spacial score (nSPS) is 19.3. The molecule has 2 rings (SSSR count). The van der Waals surface area contributed by atoms with E-state index in [9.17, 15) is 9.59 Å². The number of halogens is 1. The van der Waals surface area contributed by atoms with Crippen LogP contribution in [0.1, 0.15) is 18.1 Å². The quantitative estimate of drug-likeness (QED) is 0.720. The molecule has 0 saturated heterocycles. The van der Waals surface area contributed by atoms with Gasteiger partial charge in [-0.15, -0.1) is 12.4 Å². The van der Waals surface area contributed by atoms with Crippen molar-refractivity contribution in [3.05, 3.63) is 35.4 Å². The van der Waals surface area contributed by atoms with Gasteiger partial charge in [0.2, 0.25) is 11.8 Å². The van der Waals surface area contributed by atoms with Gasteiger partial charge < -0.3 is 16.4 Å². The third-order valence-electron chi connectivity index (χ3n) is 3.04. The van der Waals surface area contributed by atoms with Crippen molar-refractivity contribution in [1.29, 1.82) is 0 Å². The average Bonchev–Trinajstić information content (AvgIpc) is 2.50. The van der Waals surface area contributed by atoms with E-state index in [0.29, 0.717) is 13.0 Å². The number of hydrogen-bond donors (Lipinski definition) is 3. The Morgan fingerprint density at radius 2 is 2.05 bits per heavy atom. The lowest BCUT2D eigenvalue weighted by Crippen LogP contribution is -2.50. The molecule has 0 aliphatic carbocycles. The van der Waals surface area contributed by atoms with Gasteiger partial charge in [0.05, 0.1) is 6.04 Å². The molecule has 2 amide bonds. The Balaban J connectivity index is 0.00000180. The second kappa shape index (κ2) is 6.54. The van der Waals surface area contributed by atoms with Crippen LogP contribution < -0.4 is 16.4 Å².